The third-order valence-corrected chi connectivity index (χ3v) is 5.11. The summed E-state index contributed by atoms with van der Waals surface area (Å²) in [4.78, 5) is 0. The number of hydrogen-bond acceptors (Lipinski definition) is 3. The molecular formula is C13H17BIO3P. The molecular weight excluding hydrogens is 373 g/mol. The molecule has 1 heterocycles. The van der Waals surface area contributed by atoms with Crippen molar-refractivity contribution in [3.63, 3.8) is 0 Å². The maximum absolute atomic E-state index is 9.85. The highest BCUT2D eigenvalue weighted by atomic mass is 127. The van der Waals surface area contributed by atoms with E-state index in [9.17, 15) is 5.11 Å². The molecule has 3 nitrogen and oxygen atoms in total. The average Bonchev–Trinajstić information content (AvgIpc) is 2.69. The Balaban J connectivity index is 1.94. The maximum Gasteiger partial charge on any atom is 0.112 e. The van der Waals surface area contributed by atoms with E-state index in [0.717, 1.165) is 11.7 Å². The SMILES string of the molecule is [B]C1O[C@H]([C@@H](CP)OCc2ccccc2)C(I)C1O. The zero-order valence-electron chi connectivity index (χ0n) is 10.5. The fourth-order valence-corrected chi connectivity index (χ4v) is 3.53. The van der Waals surface area contributed by atoms with Crippen molar-refractivity contribution >= 4 is 39.7 Å². The van der Waals surface area contributed by atoms with Crippen LogP contribution < -0.4 is 0 Å². The lowest BCUT2D eigenvalue weighted by Crippen LogP contribution is -2.37. The molecule has 1 aromatic rings. The van der Waals surface area contributed by atoms with Crippen molar-refractivity contribution in [2.45, 2.75) is 34.8 Å². The predicted molar refractivity (Wildman–Crippen MR) is 87.8 cm³/mol. The van der Waals surface area contributed by atoms with Gasteiger partial charge in [-0.1, -0.05) is 52.9 Å². The van der Waals surface area contributed by atoms with E-state index in [1.165, 1.54) is 0 Å². The normalized spacial score (nSPS) is 32.4. The lowest BCUT2D eigenvalue weighted by atomic mass is 9.94. The van der Waals surface area contributed by atoms with Crippen LogP contribution in [0.3, 0.4) is 0 Å². The minimum atomic E-state index is -0.634. The Morgan fingerprint density at radius 2 is 2.11 bits per heavy atom. The highest BCUT2D eigenvalue weighted by Gasteiger charge is 2.43. The zero-order chi connectivity index (χ0) is 13.8. The van der Waals surface area contributed by atoms with Crippen LogP contribution in [0.25, 0.3) is 0 Å². The van der Waals surface area contributed by atoms with Crippen LogP contribution in [0.1, 0.15) is 5.56 Å². The van der Waals surface area contributed by atoms with Gasteiger partial charge in [0.15, 0.2) is 0 Å². The van der Waals surface area contributed by atoms with Crippen molar-refractivity contribution in [3.8, 4) is 0 Å². The van der Waals surface area contributed by atoms with Gasteiger partial charge in [-0.05, 0) is 11.7 Å². The number of aliphatic hydroxyl groups is 1. The molecule has 1 aromatic carbocycles. The molecule has 1 aliphatic heterocycles. The molecule has 1 N–H and O–H groups in total. The van der Waals surface area contributed by atoms with Gasteiger partial charge < -0.3 is 14.6 Å². The van der Waals surface area contributed by atoms with E-state index in [1.807, 2.05) is 30.3 Å². The summed E-state index contributed by atoms with van der Waals surface area (Å²) in [5.74, 6) is 0. The number of aliphatic hydroxyl groups excluding tert-OH is 1. The van der Waals surface area contributed by atoms with Crippen LogP contribution in [-0.2, 0) is 16.1 Å². The lowest BCUT2D eigenvalue weighted by molar-refractivity contribution is -0.0500. The molecule has 6 heteroatoms. The molecule has 1 fully saturated rings. The van der Waals surface area contributed by atoms with Crippen molar-refractivity contribution in [3.05, 3.63) is 35.9 Å². The van der Waals surface area contributed by atoms with Crippen LogP contribution in [0.2, 0.25) is 0 Å². The van der Waals surface area contributed by atoms with E-state index in [0.29, 0.717) is 6.61 Å². The second kappa shape index (κ2) is 7.37. The van der Waals surface area contributed by atoms with Crippen LogP contribution >= 0.6 is 31.8 Å². The highest BCUT2D eigenvalue weighted by molar-refractivity contribution is 14.1. The highest BCUT2D eigenvalue weighted by Crippen LogP contribution is 2.30. The molecule has 6 atom stereocenters. The van der Waals surface area contributed by atoms with Gasteiger partial charge in [0.1, 0.15) is 7.85 Å². The van der Waals surface area contributed by atoms with Crippen LogP contribution in [0.5, 0.6) is 0 Å². The summed E-state index contributed by atoms with van der Waals surface area (Å²) in [6.07, 6.45) is -0.150. The van der Waals surface area contributed by atoms with Crippen molar-refractivity contribution in [1.82, 2.24) is 0 Å². The monoisotopic (exact) mass is 390 g/mol. The van der Waals surface area contributed by atoms with E-state index in [1.54, 1.807) is 0 Å². The summed E-state index contributed by atoms with van der Waals surface area (Å²) in [6, 6.07) is 9.39. The molecule has 0 spiro atoms. The van der Waals surface area contributed by atoms with Gasteiger partial charge in [0.05, 0.1) is 28.8 Å². The number of alkyl halides is 1. The fourth-order valence-electron chi connectivity index (χ4n) is 2.08. The standard InChI is InChI=1S/C13H17BIO3P/c14-13-11(16)10(15)12(18-13)9(7-19)17-6-8-4-2-1-3-5-8/h1-5,9-13,16H,6-7,19H2/t9-,10?,11?,12-,13?/m1/s1. The third kappa shape index (κ3) is 3.91. The van der Waals surface area contributed by atoms with Gasteiger partial charge in [-0.25, -0.2) is 0 Å². The average molecular weight is 390 g/mol. The number of rotatable bonds is 5. The number of halogens is 1. The first-order valence-electron chi connectivity index (χ1n) is 6.22. The van der Waals surface area contributed by atoms with Crippen molar-refractivity contribution in [1.29, 1.82) is 0 Å². The van der Waals surface area contributed by atoms with E-state index in [-0.39, 0.29) is 16.1 Å². The summed E-state index contributed by atoms with van der Waals surface area (Å²) in [6.45, 7) is 0.536. The van der Waals surface area contributed by atoms with E-state index in [4.69, 9.17) is 17.3 Å². The van der Waals surface area contributed by atoms with E-state index in [2.05, 4.69) is 31.8 Å². The maximum atomic E-state index is 9.85. The van der Waals surface area contributed by atoms with Gasteiger partial charge in [-0.15, -0.1) is 9.24 Å². The second-order valence-corrected chi connectivity index (χ2v) is 6.48. The first-order chi connectivity index (χ1) is 9.13. The molecule has 0 saturated carbocycles. The minimum absolute atomic E-state index is 0.0473. The van der Waals surface area contributed by atoms with Crippen molar-refractivity contribution < 1.29 is 14.6 Å². The predicted octanol–water partition coefficient (Wildman–Crippen LogP) is 1.50. The summed E-state index contributed by atoms with van der Waals surface area (Å²) in [5, 5.41) is 9.85. The Bertz CT molecular complexity index is 395. The lowest BCUT2D eigenvalue weighted by Gasteiger charge is -2.25. The Kier molecular flexibility index (Phi) is 6.09. The summed E-state index contributed by atoms with van der Waals surface area (Å²) in [7, 11) is 8.39. The zero-order valence-corrected chi connectivity index (χ0v) is 13.8. The Labute approximate surface area is 131 Å². The van der Waals surface area contributed by atoms with Crippen LogP contribution in [0.4, 0.5) is 0 Å². The van der Waals surface area contributed by atoms with Crippen molar-refractivity contribution in [2.75, 3.05) is 6.16 Å². The Morgan fingerprint density at radius 1 is 1.42 bits per heavy atom. The van der Waals surface area contributed by atoms with Crippen LogP contribution in [0, 0.1) is 0 Å². The molecule has 2 radical (unpaired) electrons. The molecule has 19 heavy (non-hydrogen) atoms. The van der Waals surface area contributed by atoms with Gasteiger partial charge in [-0.2, -0.15) is 0 Å². The minimum Gasteiger partial charge on any atom is -0.390 e. The largest absolute Gasteiger partial charge is 0.390 e. The topological polar surface area (TPSA) is 38.7 Å². The molecule has 0 aliphatic carbocycles. The summed E-state index contributed by atoms with van der Waals surface area (Å²) < 4.78 is 11.5. The molecule has 0 amide bonds. The number of ether oxygens (including phenoxy) is 2. The van der Waals surface area contributed by atoms with Gasteiger partial charge in [0, 0.05) is 6.00 Å². The molecule has 4 unspecified atom stereocenters. The molecule has 1 aliphatic rings. The molecule has 0 aromatic heterocycles. The summed E-state index contributed by atoms with van der Waals surface area (Å²) in [5.41, 5.74) is 1.12. The Morgan fingerprint density at radius 3 is 2.63 bits per heavy atom. The van der Waals surface area contributed by atoms with Gasteiger partial charge in [-0.3, -0.25) is 0 Å². The second-order valence-electron chi connectivity index (χ2n) is 4.57. The van der Waals surface area contributed by atoms with Crippen molar-refractivity contribution in [2.24, 2.45) is 0 Å². The molecule has 1 saturated heterocycles. The Hall–Kier alpha value is 0.325. The fraction of sp³-hybridized carbons (Fsp3) is 0.538. The number of hydrogen-bond donors (Lipinski definition) is 1. The van der Waals surface area contributed by atoms with E-state index >= 15 is 0 Å². The van der Waals surface area contributed by atoms with E-state index < -0.39 is 12.1 Å². The third-order valence-electron chi connectivity index (χ3n) is 3.20. The molecule has 102 valence electrons. The van der Waals surface area contributed by atoms with Crippen LogP contribution in [-0.4, -0.2) is 47.4 Å². The van der Waals surface area contributed by atoms with Gasteiger partial charge >= 0.3 is 0 Å². The molecule has 0 bridgehead atoms. The first-order valence-corrected chi connectivity index (χ1v) is 8.28. The first kappa shape index (κ1) is 15.7. The van der Waals surface area contributed by atoms with Crippen LogP contribution in [0.15, 0.2) is 30.3 Å². The quantitative estimate of drug-likeness (QED) is 0.359. The number of benzene rings is 1. The van der Waals surface area contributed by atoms with Gasteiger partial charge in [0.25, 0.3) is 0 Å². The summed E-state index contributed by atoms with van der Waals surface area (Å²) >= 11 is 2.18. The smallest absolute Gasteiger partial charge is 0.112 e. The van der Waals surface area contributed by atoms with Gasteiger partial charge in [0.2, 0.25) is 0 Å². The molecule has 2 rings (SSSR count).